The second-order valence-corrected chi connectivity index (χ2v) is 3.60. The van der Waals surface area contributed by atoms with Crippen molar-refractivity contribution in [2.45, 2.75) is 0 Å². The fourth-order valence-electron chi connectivity index (χ4n) is 1.54. The van der Waals surface area contributed by atoms with E-state index in [1.165, 1.54) is 0 Å². The van der Waals surface area contributed by atoms with E-state index >= 15 is 0 Å². The highest BCUT2D eigenvalue weighted by Crippen LogP contribution is 2.10. The summed E-state index contributed by atoms with van der Waals surface area (Å²) in [5, 5.41) is 0. The summed E-state index contributed by atoms with van der Waals surface area (Å²) < 4.78 is 0. The zero-order valence-electron chi connectivity index (χ0n) is 9.21. The first kappa shape index (κ1) is 11.1. The molecule has 82 valence electrons. The molecule has 0 fully saturated rings. The van der Waals surface area contributed by atoms with Crippen LogP contribution < -0.4 is 0 Å². The van der Waals surface area contributed by atoms with Crippen LogP contribution in [0.4, 0.5) is 0 Å². The number of aliphatic imine (C=N–C) groups is 1. The van der Waals surface area contributed by atoms with Crippen LogP contribution in [0, 0.1) is 18.3 Å². The summed E-state index contributed by atoms with van der Waals surface area (Å²) >= 11 is 0. The second kappa shape index (κ2) is 5.09. The Kier molecular flexibility index (Phi) is 3.32. The first-order valence-corrected chi connectivity index (χ1v) is 5.30. The molecule has 2 heteroatoms. The van der Waals surface area contributed by atoms with E-state index in [0.29, 0.717) is 11.3 Å². The summed E-state index contributed by atoms with van der Waals surface area (Å²) in [6, 6.07) is 8.95. The largest absolute Gasteiger partial charge is 0.277 e. The van der Waals surface area contributed by atoms with Crippen molar-refractivity contribution in [2.24, 2.45) is 10.9 Å². The summed E-state index contributed by atoms with van der Waals surface area (Å²) in [7, 11) is 0. The molecule has 0 N–H and O–H groups in total. The van der Waals surface area contributed by atoms with E-state index in [-0.39, 0.29) is 11.8 Å². The van der Waals surface area contributed by atoms with Crippen LogP contribution in [0.1, 0.15) is 10.4 Å². The van der Waals surface area contributed by atoms with Gasteiger partial charge >= 0.3 is 0 Å². The Labute approximate surface area is 100 Å². The average molecular weight is 221 g/mol. The molecule has 1 amide bonds. The van der Waals surface area contributed by atoms with Gasteiger partial charge in [0.2, 0.25) is 0 Å². The maximum absolute atomic E-state index is 11.9. The van der Waals surface area contributed by atoms with Gasteiger partial charge in [-0.3, -0.25) is 4.79 Å². The van der Waals surface area contributed by atoms with E-state index in [0.717, 1.165) is 0 Å². The standard InChI is InChI=1S/C15H11NO/c1-2-12-8-6-7-11-14(12)16-15(17)13-9-4-3-5-10-13/h1,3-12H. The number of amides is 1. The van der Waals surface area contributed by atoms with E-state index < -0.39 is 0 Å². The molecule has 1 aliphatic carbocycles. The van der Waals surface area contributed by atoms with Crippen LogP contribution >= 0.6 is 0 Å². The first-order valence-electron chi connectivity index (χ1n) is 5.30. The highest BCUT2D eigenvalue weighted by atomic mass is 16.1. The average Bonchev–Trinajstić information content (AvgIpc) is 2.40. The molecule has 0 spiro atoms. The molecule has 2 nitrogen and oxygen atoms in total. The third-order valence-corrected chi connectivity index (χ3v) is 2.43. The van der Waals surface area contributed by atoms with Crippen molar-refractivity contribution in [3.05, 3.63) is 60.2 Å². The molecule has 0 bridgehead atoms. The number of hydrogen-bond acceptors (Lipinski definition) is 1. The van der Waals surface area contributed by atoms with Gasteiger partial charge in [-0.1, -0.05) is 42.3 Å². The normalized spacial score (nSPS) is 20.2. The number of rotatable bonds is 1. The molecule has 1 unspecified atom stereocenters. The van der Waals surface area contributed by atoms with E-state index in [4.69, 9.17) is 6.42 Å². The number of nitrogens with zero attached hydrogens (tertiary/aromatic N) is 1. The number of benzene rings is 1. The van der Waals surface area contributed by atoms with Gasteiger partial charge in [0.15, 0.2) is 0 Å². The lowest BCUT2D eigenvalue weighted by molar-refractivity contribution is 0.100. The van der Waals surface area contributed by atoms with Gasteiger partial charge in [0.1, 0.15) is 0 Å². The van der Waals surface area contributed by atoms with Crippen LogP contribution in [0.5, 0.6) is 0 Å². The maximum Gasteiger partial charge on any atom is 0.277 e. The van der Waals surface area contributed by atoms with Gasteiger partial charge < -0.3 is 0 Å². The summed E-state index contributed by atoms with van der Waals surface area (Å²) in [5.41, 5.74) is 1.18. The Morgan fingerprint density at radius 2 is 2.00 bits per heavy atom. The van der Waals surface area contributed by atoms with Crippen LogP contribution in [-0.4, -0.2) is 11.6 Å². The minimum absolute atomic E-state index is 0.215. The van der Waals surface area contributed by atoms with Crippen LogP contribution in [0.2, 0.25) is 0 Å². The smallest absolute Gasteiger partial charge is 0.267 e. The zero-order valence-corrected chi connectivity index (χ0v) is 9.21. The van der Waals surface area contributed by atoms with Gasteiger partial charge in [0.25, 0.3) is 5.91 Å². The van der Waals surface area contributed by atoms with E-state index in [9.17, 15) is 4.79 Å². The third-order valence-electron chi connectivity index (χ3n) is 2.43. The molecule has 1 aromatic rings. The Hall–Kier alpha value is -2.40. The predicted molar refractivity (Wildman–Crippen MR) is 68.8 cm³/mol. The van der Waals surface area contributed by atoms with Gasteiger partial charge in [-0.2, -0.15) is 0 Å². The molecule has 1 aromatic carbocycles. The molecule has 0 saturated heterocycles. The molecule has 17 heavy (non-hydrogen) atoms. The number of carbonyl (C=O) groups is 1. The summed E-state index contributed by atoms with van der Waals surface area (Å²) in [5.74, 6) is 2.11. The quantitative estimate of drug-likeness (QED) is 0.670. The number of carbonyl (C=O) groups excluding carboxylic acids is 1. The van der Waals surface area contributed by atoms with Crippen molar-refractivity contribution in [2.75, 3.05) is 0 Å². The molecule has 0 saturated carbocycles. The van der Waals surface area contributed by atoms with E-state index in [1.807, 2.05) is 36.4 Å². The molecule has 0 heterocycles. The first-order chi connectivity index (χ1) is 8.31. The fraction of sp³-hybridized carbons (Fsp3) is 0.0667. The van der Waals surface area contributed by atoms with Gasteiger partial charge in [-0.05, 0) is 18.2 Å². The lowest BCUT2D eigenvalue weighted by Crippen LogP contribution is -2.12. The van der Waals surface area contributed by atoms with Gasteiger partial charge in [-0.15, -0.1) is 6.42 Å². The summed E-state index contributed by atoms with van der Waals surface area (Å²) in [6.07, 6.45) is 12.7. The molecule has 1 atom stereocenters. The molecular weight excluding hydrogens is 210 g/mol. The van der Waals surface area contributed by atoms with E-state index in [2.05, 4.69) is 10.9 Å². The summed E-state index contributed by atoms with van der Waals surface area (Å²) in [4.78, 5) is 15.9. The zero-order chi connectivity index (χ0) is 12.1. The predicted octanol–water partition coefficient (Wildman–Crippen LogP) is 2.64. The van der Waals surface area contributed by atoms with Gasteiger partial charge in [0.05, 0.1) is 11.6 Å². The van der Waals surface area contributed by atoms with Crippen molar-refractivity contribution >= 4 is 11.6 Å². The topological polar surface area (TPSA) is 29.4 Å². The second-order valence-electron chi connectivity index (χ2n) is 3.60. The molecule has 0 aromatic heterocycles. The molecule has 0 aliphatic heterocycles. The highest BCUT2D eigenvalue weighted by Gasteiger charge is 2.12. The maximum atomic E-state index is 11.9. The van der Waals surface area contributed by atoms with Crippen molar-refractivity contribution in [1.82, 2.24) is 0 Å². The van der Waals surface area contributed by atoms with Crippen molar-refractivity contribution in [3.8, 4) is 12.3 Å². The lowest BCUT2D eigenvalue weighted by Gasteiger charge is -2.08. The molecule has 0 radical (unpaired) electrons. The number of terminal acetylenes is 1. The highest BCUT2D eigenvalue weighted by molar-refractivity contribution is 6.10. The van der Waals surface area contributed by atoms with Crippen LogP contribution in [0.3, 0.4) is 0 Å². The van der Waals surface area contributed by atoms with Crippen molar-refractivity contribution < 1.29 is 4.79 Å². The van der Waals surface area contributed by atoms with E-state index in [1.54, 1.807) is 18.2 Å². The Morgan fingerprint density at radius 3 is 2.71 bits per heavy atom. The van der Waals surface area contributed by atoms with Crippen LogP contribution in [0.15, 0.2) is 59.6 Å². The Bertz CT molecular complexity index is 544. The van der Waals surface area contributed by atoms with Crippen LogP contribution in [0.25, 0.3) is 0 Å². The minimum Gasteiger partial charge on any atom is -0.267 e. The van der Waals surface area contributed by atoms with Gasteiger partial charge in [-0.25, -0.2) is 4.99 Å². The molecule has 1 aliphatic rings. The monoisotopic (exact) mass is 221 g/mol. The molecular formula is C15H11NO. The van der Waals surface area contributed by atoms with Crippen LogP contribution in [-0.2, 0) is 0 Å². The Morgan fingerprint density at radius 1 is 1.24 bits per heavy atom. The van der Waals surface area contributed by atoms with Crippen molar-refractivity contribution in [1.29, 1.82) is 0 Å². The van der Waals surface area contributed by atoms with Gasteiger partial charge in [0, 0.05) is 5.56 Å². The molecule has 2 rings (SSSR count). The van der Waals surface area contributed by atoms with Crippen molar-refractivity contribution in [3.63, 3.8) is 0 Å². The third kappa shape index (κ3) is 2.59. The Balaban J connectivity index is 2.26. The minimum atomic E-state index is -0.263. The number of allylic oxidation sites excluding steroid dienone is 4. The fourth-order valence-corrected chi connectivity index (χ4v) is 1.54. The SMILES string of the molecule is C#CC1C=CC=CC1=NC(=O)c1ccccc1. The summed E-state index contributed by atoms with van der Waals surface area (Å²) in [6.45, 7) is 0. The number of hydrogen-bond donors (Lipinski definition) is 0. The lowest BCUT2D eigenvalue weighted by atomic mass is 9.99.